The van der Waals surface area contributed by atoms with Crippen LogP contribution in [0.2, 0.25) is 0 Å². The Balaban J connectivity index is 1.90. The van der Waals surface area contributed by atoms with Gasteiger partial charge in [0.25, 0.3) is 5.56 Å². The van der Waals surface area contributed by atoms with Crippen molar-refractivity contribution in [2.24, 2.45) is 5.92 Å². The molecule has 0 spiro atoms. The van der Waals surface area contributed by atoms with E-state index in [4.69, 9.17) is 0 Å². The topological polar surface area (TPSA) is 73.0 Å². The molecule has 3 rings (SSSR count). The van der Waals surface area contributed by atoms with Crippen LogP contribution in [0.25, 0.3) is 11.4 Å². The molecule has 2 unspecified atom stereocenters. The second-order valence-corrected chi connectivity index (χ2v) is 5.62. The van der Waals surface area contributed by atoms with E-state index in [0.29, 0.717) is 0 Å². The first-order valence-corrected chi connectivity index (χ1v) is 7.20. The van der Waals surface area contributed by atoms with E-state index in [1.54, 1.807) is 10.8 Å². The van der Waals surface area contributed by atoms with Crippen LogP contribution in [0.15, 0.2) is 27.6 Å². The molecule has 2 aromatic heterocycles. The van der Waals surface area contributed by atoms with Gasteiger partial charge in [0.2, 0.25) is 5.82 Å². The van der Waals surface area contributed by atoms with Gasteiger partial charge in [-0.3, -0.25) is 4.79 Å². The minimum atomic E-state index is -4.70. The van der Waals surface area contributed by atoms with Gasteiger partial charge in [0.15, 0.2) is 0 Å². The van der Waals surface area contributed by atoms with Crippen LogP contribution < -0.4 is 10.9 Å². The van der Waals surface area contributed by atoms with Crippen LogP contribution in [0.1, 0.15) is 25.3 Å². The minimum Gasteiger partial charge on any atom is -0.329 e. The average Bonchev–Trinajstić information content (AvgIpc) is 2.98. The van der Waals surface area contributed by atoms with Crippen LogP contribution in [-0.4, -0.2) is 27.8 Å². The molecule has 1 aliphatic rings. The standard InChI is InChI=1S/C14H15F3N4O2/c1-8-7-18-4-2-10(8)21-5-3-9(6-11(21)22)12-19-13(23-20-12)14(15,16)17/h3,5-6,8,10,18H,2,4,7H2,1H3. The van der Waals surface area contributed by atoms with Crippen molar-refractivity contribution in [1.82, 2.24) is 20.0 Å². The van der Waals surface area contributed by atoms with E-state index in [1.807, 2.05) is 6.92 Å². The van der Waals surface area contributed by atoms with Gasteiger partial charge in [0, 0.05) is 23.9 Å². The lowest BCUT2D eigenvalue weighted by Crippen LogP contribution is -2.39. The van der Waals surface area contributed by atoms with Crippen molar-refractivity contribution < 1.29 is 17.7 Å². The Labute approximate surface area is 129 Å². The van der Waals surface area contributed by atoms with Crippen molar-refractivity contribution in [1.29, 1.82) is 0 Å². The molecule has 1 fully saturated rings. The summed E-state index contributed by atoms with van der Waals surface area (Å²) >= 11 is 0. The Morgan fingerprint density at radius 2 is 2.22 bits per heavy atom. The smallest absolute Gasteiger partial charge is 0.329 e. The van der Waals surface area contributed by atoms with Gasteiger partial charge in [-0.05, 0) is 31.5 Å². The maximum absolute atomic E-state index is 12.5. The highest BCUT2D eigenvalue weighted by atomic mass is 19.4. The highest BCUT2D eigenvalue weighted by Crippen LogP contribution is 2.29. The molecule has 0 aromatic carbocycles. The first-order chi connectivity index (χ1) is 10.9. The molecular formula is C14H15F3N4O2. The highest BCUT2D eigenvalue weighted by molar-refractivity contribution is 5.52. The molecule has 9 heteroatoms. The molecule has 6 nitrogen and oxygen atoms in total. The summed E-state index contributed by atoms with van der Waals surface area (Å²) in [6, 6.07) is 2.83. The number of hydrogen-bond donors (Lipinski definition) is 1. The van der Waals surface area contributed by atoms with Crippen molar-refractivity contribution >= 4 is 0 Å². The van der Waals surface area contributed by atoms with Gasteiger partial charge in [-0.2, -0.15) is 18.2 Å². The fourth-order valence-electron chi connectivity index (χ4n) is 2.77. The third kappa shape index (κ3) is 3.14. The number of nitrogens with zero attached hydrogens (tertiary/aromatic N) is 3. The number of hydrogen-bond acceptors (Lipinski definition) is 5. The maximum Gasteiger partial charge on any atom is 0.471 e. The van der Waals surface area contributed by atoms with Crippen molar-refractivity contribution in [2.45, 2.75) is 25.6 Å². The molecule has 0 radical (unpaired) electrons. The lowest BCUT2D eigenvalue weighted by Gasteiger charge is -2.31. The summed E-state index contributed by atoms with van der Waals surface area (Å²) in [7, 11) is 0. The van der Waals surface area contributed by atoms with Crippen LogP contribution in [0.4, 0.5) is 13.2 Å². The van der Waals surface area contributed by atoms with Crippen molar-refractivity contribution in [3.63, 3.8) is 0 Å². The number of nitrogens with one attached hydrogen (secondary N) is 1. The summed E-state index contributed by atoms with van der Waals surface area (Å²) in [6.45, 7) is 3.69. The van der Waals surface area contributed by atoms with Crippen LogP contribution in [-0.2, 0) is 6.18 Å². The molecule has 1 saturated heterocycles. The third-order valence-electron chi connectivity index (χ3n) is 3.97. The molecule has 0 bridgehead atoms. The van der Waals surface area contributed by atoms with Crippen LogP contribution >= 0.6 is 0 Å². The number of aromatic nitrogens is 3. The fourth-order valence-corrected chi connectivity index (χ4v) is 2.77. The zero-order valence-electron chi connectivity index (χ0n) is 12.3. The van der Waals surface area contributed by atoms with Crippen molar-refractivity contribution in [2.75, 3.05) is 13.1 Å². The fraction of sp³-hybridized carbons (Fsp3) is 0.500. The van der Waals surface area contributed by atoms with Gasteiger partial charge in [-0.25, -0.2) is 0 Å². The summed E-state index contributed by atoms with van der Waals surface area (Å²) < 4.78 is 43.2. The van der Waals surface area contributed by atoms with E-state index in [9.17, 15) is 18.0 Å². The zero-order chi connectivity index (χ0) is 16.6. The SMILES string of the molecule is CC1CNCCC1n1ccc(-c2noc(C(F)(F)F)n2)cc1=O. The van der Waals surface area contributed by atoms with Crippen LogP contribution in [0.3, 0.4) is 0 Å². The van der Waals surface area contributed by atoms with E-state index >= 15 is 0 Å². The van der Waals surface area contributed by atoms with Gasteiger partial charge in [-0.15, -0.1) is 0 Å². The van der Waals surface area contributed by atoms with Gasteiger partial charge in [0.1, 0.15) is 0 Å². The maximum atomic E-state index is 12.5. The molecular weight excluding hydrogens is 313 g/mol. The first kappa shape index (κ1) is 15.7. The van der Waals surface area contributed by atoms with Crippen LogP contribution in [0, 0.1) is 5.92 Å². The Kier molecular flexibility index (Phi) is 3.97. The Hall–Kier alpha value is -2.16. The summed E-state index contributed by atoms with van der Waals surface area (Å²) in [4.78, 5) is 15.6. The largest absolute Gasteiger partial charge is 0.471 e. The number of pyridine rings is 1. The van der Waals surface area contributed by atoms with Gasteiger partial charge >= 0.3 is 12.1 Å². The number of halogens is 3. The molecule has 2 atom stereocenters. The van der Waals surface area contributed by atoms with Gasteiger partial charge in [0.05, 0.1) is 0 Å². The summed E-state index contributed by atoms with van der Waals surface area (Å²) in [5.74, 6) is -1.39. The Bertz CT molecular complexity index is 753. The second-order valence-electron chi connectivity index (χ2n) is 5.62. The molecule has 1 aliphatic heterocycles. The van der Waals surface area contributed by atoms with E-state index in [1.165, 1.54) is 12.1 Å². The van der Waals surface area contributed by atoms with Crippen molar-refractivity contribution in [3.05, 3.63) is 34.6 Å². The van der Waals surface area contributed by atoms with Crippen molar-refractivity contribution in [3.8, 4) is 11.4 Å². The lowest BCUT2D eigenvalue weighted by molar-refractivity contribution is -0.159. The zero-order valence-corrected chi connectivity index (χ0v) is 12.3. The number of alkyl halides is 3. The van der Waals surface area contributed by atoms with E-state index in [2.05, 4.69) is 20.0 Å². The molecule has 0 aliphatic carbocycles. The Morgan fingerprint density at radius 1 is 1.43 bits per heavy atom. The van der Waals surface area contributed by atoms with Gasteiger partial charge < -0.3 is 14.4 Å². The third-order valence-corrected chi connectivity index (χ3v) is 3.97. The molecule has 2 aromatic rings. The summed E-state index contributed by atoms with van der Waals surface area (Å²) in [5, 5.41) is 6.54. The molecule has 124 valence electrons. The molecule has 1 N–H and O–H groups in total. The normalized spacial score (nSPS) is 22.3. The summed E-state index contributed by atoms with van der Waals surface area (Å²) in [5.41, 5.74) is -0.0910. The average molecular weight is 328 g/mol. The van der Waals surface area contributed by atoms with Crippen LogP contribution in [0.5, 0.6) is 0 Å². The number of piperidine rings is 1. The highest BCUT2D eigenvalue weighted by Gasteiger charge is 2.38. The monoisotopic (exact) mass is 328 g/mol. The van der Waals surface area contributed by atoms with Gasteiger partial charge in [-0.1, -0.05) is 12.1 Å². The molecule has 23 heavy (non-hydrogen) atoms. The number of rotatable bonds is 2. The Morgan fingerprint density at radius 3 is 2.83 bits per heavy atom. The molecule has 3 heterocycles. The van der Waals surface area contributed by atoms with E-state index < -0.39 is 12.1 Å². The lowest BCUT2D eigenvalue weighted by atomic mass is 9.95. The first-order valence-electron chi connectivity index (χ1n) is 7.20. The minimum absolute atomic E-state index is 0.0637. The van der Waals surface area contributed by atoms with E-state index in [0.717, 1.165) is 19.5 Å². The quantitative estimate of drug-likeness (QED) is 0.914. The predicted octanol–water partition coefficient (Wildman–Crippen LogP) is 2.09. The summed E-state index contributed by atoms with van der Waals surface area (Å²) in [6.07, 6.45) is -2.31. The van der Waals surface area contributed by atoms with E-state index in [-0.39, 0.29) is 28.9 Å². The predicted molar refractivity (Wildman–Crippen MR) is 74.7 cm³/mol. The molecule has 0 saturated carbocycles. The second kappa shape index (κ2) is 5.80. The molecule has 0 amide bonds.